The SMILES string of the molecule is CC(C)=CC(=O)OCC(=O)NCCc1ccc(F)cc1. The molecule has 108 valence electrons. The zero-order valence-corrected chi connectivity index (χ0v) is 11.6. The highest BCUT2D eigenvalue weighted by Crippen LogP contribution is 2.02. The highest BCUT2D eigenvalue weighted by Gasteiger charge is 2.04. The zero-order valence-electron chi connectivity index (χ0n) is 11.6. The van der Waals surface area contributed by atoms with Crippen LogP contribution in [0.5, 0.6) is 0 Å². The lowest BCUT2D eigenvalue weighted by Gasteiger charge is -2.05. The van der Waals surface area contributed by atoms with Gasteiger partial charge in [0.1, 0.15) is 5.82 Å². The number of amides is 1. The molecular formula is C15H18FNO3. The molecule has 1 aromatic carbocycles. The minimum atomic E-state index is -0.529. The molecule has 5 heteroatoms. The van der Waals surface area contributed by atoms with Crippen LogP contribution in [0.3, 0.4) is 0 Å². The molecule has 0 spiro atoms. The molecule has 0 aromatic heterocycles. The van der Waals surface area contributed by atoms with E-state index in [0.29, 0.717) is 13.0 Å². The van der Waals surface area contributed by atoms with Gasteiger partial charge in [0.2, 0.25) is 0 Å². The third-order valence-corrected chi connectivity index (χ3v) is 2.40. The first kappa shape index (κ1) is 15.9. The van der Waals surface area contributed by atoms with Gasteiger partial charge in [0, 0.05) is 12.6 Å². The van der Waals surface area contributed by atoms with Crippen molar-refractivity contribution in [2.45, 2.75) is 20.3 Å². The first-order valence-electron chi connectivity index (χ1n) is 6.30. The van der Waals surface area contributed by atoms with Gasteiger partial charge < -0.3 is 10.1 Å². The smallest absolute Gasteiger partial charge is 0.331 e. The predicted octanol–water partition coefficient (Wildman–Crippen LogP) is 1.99. The molecule has 0 unspecified atom stereocenters. The van der Waals surface area contributed by atoms with Crippen molar-refractivity contribution in [3.05, 3.63) is 47.3 Å². The van der Waals surface area contributed by atoms with Crippen molar-refractivity contribution in [1.82, 2.24) is 5.32 Å². The number of ether oxygens (including phenoxy) is 1. The second-order valence-corrected chi connectivity index (χ2v) is 4.56. The summed E-state index contributed by atoms with van der Waals surface area (Å²) in [6.07, 6.45) is 1.92. The van der Waals surface area contributed by atoms with Gasteiger partial charge >= 0.3 is 5.97 Å². The molecule has 0 aliphatic rings. The number of rotatable bonds is 6. The Bertz CT molecular complexity index is 490. The van der Waals surface area contributed by atoms with Crippen LogP contribution >= 0.6 is 0 Å². The lowest BCUT2D eigenvalue weighted by Crippen LogP contribution is -2.30. The second kappa shape index (κ2) is 8.09. The van der Waals surface area contributed by atoms with E-state index in [9.17, 15) is 14.0 Å². The van der Waals surface area contributed by atoms with Crippen molar-refractivity contribution < 1.29 is 18.7 Å². The van der Waals surface area contributed by atoms with Crippen LogP contribution in [0.25, 0.3) is 0 Å². The summed E-state index contributed by atoms with van der Waals surface area (Å²) in [5, 5.41) is 2.62. The fourth-order valence-corrected chi connectivity index (χ4v) is 1.46. The van der Waals surface area contributed by atoms with E-state index in [0.717, 1.165) is 11.1 Å². The van der Waals surface area contributed by atoms with Gasteiger partial charge in [0.05, 0.1) is 0 Å². The molecule has 0 radical (unpaired) electrons. The Kier molecular flexibility index (Phi) is 6.43. The minimum absolute atomic E-state index is 0.288. The van der Waals surface area contributed by atoms with Crippen molar-refractivity contribution in [3.63, 3.8) is 0 Å². The van der Waals surface area contributed by atoms with Crippen LogP contribution in [0.1, 0.15) is 19.4 Å². The molecule has 0 saturated heterocycles. The van der Waals surface area contributed by atoms with Gasteiger partial charge in [0.25, 0.3) is 5.91 Å². The van der Waals surface area contributed by atoms with Gasteiger partial charge in [-0.1, -0.05) is 17.7 Å². The van der Waals surface area contributed by atoms with Crippen molar-refractivity contribution in [2.24, 2.45) is 0 Å². The Morgan fingerprint density at radius 1 is 1.25 bits per heavy atom. The van der Waals surface area contributed by atoms with E-state index < -0.39 is 5.97 Å². The molecule has 4 nitrogen and oxygen atoms in total. The van der Waals surface area contributed by atoms with Crippen LogP contribution in [-0.4, -0.2) is 25.0 Å². The zero-order chi connectivity index (χ0) is 15.0. The lowest BCUT2D eigenvalue weighted by molar-refractivity contribution is -0.143. The third kappa shape index (κ3) is 6.68. The van der Waals surface area contributed by atoms with Gasteiger partial charge in [-0.3, -0.25) is 4.79 Å². The Morgan fingerprint density at radius 2 is 1.90 bits per heavy atom. The maximum Gasteiger partial charge on any atom is 0.331 e. The van der Waals surface area contributed by atoms with E-state index >= 15 is 0 Å². The molecule has 1 amide bonds. The normalized spacial score (nSPS) is 9.75. The number of hydrogen-bond donors (Lipinski definition) is 1. The first-order valence-corrected chi connectivity index (χ1v) is 6.30. The summed E-state index contributed by atoms with van der Waals surface area (Å²) in [4.78, 5) is 22.6. The lowest BCUT2D eigenvalue weighted by atomic mass is 10.1. The van der Waals surface area contributed by atoms with Gasteiger partial charge in [-0.05, 0) is 38.0 Å². The quantitative estimate of drug-likeness (QED) is 0.640. The molecule has 1 N–H and O–H groups in total. The topological polar surface area (TPSA) is 55.4 Å². The second-order valence-electron chi connectivity index (χ2n) is 4.56. The highest BCUT2D eigenvalue weighted by molar-refractivity contribution is 5.86. The maximum absolute atomic E-state index is 12.7. The number of allylic oxidation sites excluding steroid dienone is 1. The molecule has 1 rings (SSSR count). The fourth-order valence-electron chi connectivity index (χ4n) is 1.46. The standard InChI is InChI=1S/C15H18FNO3/c1-11(2)9-15(19)20-10-14(18)17-8-7-12-3-5-13(16)6-4-12/h3-6,9H,7-8,10H2,1-2H3,(H,17,18). The fraction of sp³-hybridized carbons (Fsp3) is 0.333. The first-order chi connectivity index (χ1) is 9.47. The summed E-state index contributed by atoms with van der Waals surface area (Å²) in [5.41, 5.74) is 1.74. The Labute approximate surface area is 117 Å². The van der Waals surface area contributed by atoms with Crippen molar-refractivity contribution in [2.75, 3.05) is 13.2 Å². The number of esters is 1. The van der Waals surface area contributed by atoms with Crippen LogP contribution in [0.2, 0.25) is 0 Å². The van der Waals surface area contributed by atoms with E-state index in [-0.39, 0.29) is 18.3 Å². The molecule has 1 aromatic rings. The Hall–Kier alpha value is -2.17. The van der Waals surface area contributed by atoms with Gasteiger partial charge in [-0.15, -0.1) is 0 Å². The summed E-state index contributed by atoms with van der Waals surface area (Å²) in [7, 11) is 0. The molecular weight excluding hydrogens is 261 g/mol. The number of hydrogen-bond acceptors (Lipinski definition) is 3. The number of halogens is 1. The van der Waals surface area contributed by atoms with E-state index in [1.165, 1.54) is 18.2 Å². The van der Waals surface area contributed by atoms with Crippen LogP contribution < -0.4 is 5.32 Å². The number of nitrogens with one attached hydrogen (secondary N) is 1. The van der Waals surface area contributed by atoms with Gasteiger partial charge in [-0.25, -0.2) is 9.18 Å². The minimum Gasteiger partial charge on any atom is -0.452 e. The van der Waals surface area contributed by atoms with Crippen molar-refractivity contribution in [3.8, 4) is 0 Å². The summed E-state index contributed by atoms with van der Waals surface area (Å²) in [6.45, 7) is 3.64. The molecule has 20 heavy (non-hydrogen) atoms. The van der Waals surface area contributed by atoms with E-state index in [4.69, 9.17) is 4.74 Å². The summed E-state index contributed by atoms with van der Waals surface area (Å²) in [6, 6.07) is 6.07. The Morgan fingerprint density at radius 3 is 2.50 bits per heavy atom. The van der Waals surface area contributed by atoms with Gasteiger partial charge in [0.15, 0.2) is 6.61 Å². The van der Waals surface area contributed by atoms with Crippen molar-refractivity contribution in [1.29, 1.82) is 0 Å². The maximum atomic E-state index is 12.7. The molecule has 0 heterocycles. The number of carbonyl (C=O) groups excluding carboxylic acids is 2. The van der Waals surface area contributed by atoms with Crippen molar-refractivity contribution >= 4 is 11.9 Å². The van der Waals surface area contributed by atoms with E-state index in [2.05, 4.69) is 5.32 Å². The van der Waals surface area contributed by atoms with Crippen LogP contribution in [0, 0.1) is 5.82 Å². The molecule has 0 bridgehead atoms. The monoisotopic (exact) mass is 279 g/mol. The summed E-state index contributed by atoms with van der Waals surface area (Å²) < 4.78 is 17.4. The molecule has 0 aliphatic heterocycles. The van der Waals surface area contributed by atoms with Crippen LogP contribution in [0.4, 0.5) is 4.39 Å². The predicted molar refractivity (Wildman–Crippen MR) is 73.5 cm³/mol. The summed E-state index contributed by atoms with van der Waals surface area (Å²) >= 11 is 0. The van der Waals surface area contributed by atoms with E-state index in [1.807, 2.05) is 0 Å². The van der Waals surface area contributed by atoms with Gasteiger partial charge in [-0.2, -0.15) is 0 Å². The number of benzene rings is 1. The van der Waals surface area contributed by atoms with Crippen LogP contribution in [-0.2, 0) is 20.7 Å². The summed E-state index contributed by atoms with van der Waals surface area (Å²) in [5.74, 6) is -1.18. The molecule has 0 aliphatic carbocycles. The average molecular weight is 279 g/mol. The molecule has 0 fully saturated rings. The van der Waals surface area contributed by atoms with Crippen LogP contribution in [0.15, 0.2) is 35.9 Å². The molecule has 0 saturated carbocycles. The average Bonchev–Trinajstić information content (AvgIpc) is 2.38. The third-order valence-electron chi connectivity index (χ3n) is 2.40. The number of carbonyl (C=O) groups is 2. The highest BCUT2D eigenvalue weighted by atomic mass is 19.1. The van der Waals surface area contributed by atoms with E-state index in [1.54, 1.807) is 26.0 Å². The molecule has 0 atom stereocenters. The Balaban J connectivity index is 2.22. The largest absolute Gasteiger partial charge is 0.452 e.